The lowest BCUT2D eigenvalue weighted by atomic mass is 10.00. The van der Waals surface area contributed by atoms with Crippen LogP contribution in [0.4, 0.5) is 8.78 Å². The Labute approximate surface area is 197 Å². The van der Waals surface area contributed by atoms with Crippen molar-refractivity contribution in [1.82, 2.24) is 14.4 Å². The van der Waals surface area contributed by atoms with Crippen molar-refractivity contribution in [2.75, 3.05) is 7.11 Å². The molecule has 0 atom stereocenters. The van der Waals surface area contributed by atoms with Gasteiger partial charge in [-0.15, -0.1) is 11.3 Å². The van der Waals surface area contributed by atoms with Crippen LogP contribution in [0.1, 0.15) is 34.6 Å². The highest BCUT2D eigenvalue weighted by Gasteiger charge is 2.29. The van der Waals surface area contributed by atoms with E-state index in [0.717, 1.165) is 17.8 Å². The van der Waals surface area contributed by atoms with Gasteiger partial charge in [-0.25, -0.2) is 9.97 Å². The first-order valence-corrected chi connectivity index (χ1v) is 11.6. The van der Waals surface area contributed by atoms with Gasteiger partial charge in [0.05, 0.1) is 19.0 Å². The largest absolute Gasteiger partial charge is 0.496 e. The molecule has 176 valence electrons. The molecule has 7 nitrogen and oxygen atoms in total. The number of thiazole rings is 1. The van der Waals surface area contributed by atoms with Crippen molar-refractivity contribution in [1.29, 1.82) is 0 Å². The number of ketones is 1. The van der Waals surface area contributed by atoms with Gasteiger partial charge in [0.25, 0.3) is 0 Å². The number of ether oxygens (including phenoxy) is 3. The fourth-order valence-corrected chi connectivity index (χ4v) is 4.31. The molecule has 1 aliphatic rings. The molecule has 1 aromatic carbocycles. The second-order valence-electron chi connectivity index (χ2n) is 7.95. The van der Waals surface area contributed by atoms with E-state index >= 15 is 0 Å². The van der Waals surface area contributed by atoms with Crippen molar-refractivity contribution in [3.05, 3.63) is 58.8 Å². The highest BCUT2D eigenvalue weighted by molar-refractivity contribution is 7.09. The number of imidazole rings is 1. The number of hydrogen-bond acceptors (Lipinski definition) is 7. The number of aromatic nitrogens is 3. The third kappa shape index (κ3) is 4.72. The summed E-state index contributed by atoms with van der Waals surface area (Å²) in [6, 6.07) is 6.64. The monoisotopic (exact) mass is 485 g/mol. The van der Waals surface area contributed by atoms with E-state index in [1.165, 1.54) is 24.5 Å². The molecule has 4 aromatic rings. The second-order valence-corrected chi connectivity index (χ2v) is 8.93. The summed E-state index contributed by atoms with van der Waals surface area (Å²) in [4.78, 5) is 21.4. The number of pyridine rings is 1. The van der Waals surface area contributed by atoms with Crippen LogP contribution >= 0.6 is 11.3 Å². The van der Waals surface area contributed by atoms with E-state index < -0.39 is 6.61 Å². The second kappa shape index (κ2) is 9.38. The number of carbonyl (C=O) groups excluding carboxylic acids is 1. The molecule has 0 unspecified atom stereocenters. The van der Waals surface area contributed by atoms with E-state index in [2.05, 4.69) is 9.97 Å². The van der Waals surface area contributed by atoms with Crippen molar-refractivity contribution < 1.29 is 27.8 Å². The highest BCUT2D eigenvalue weighted by atomic mass is 32.1. The van der Waals surface area contributed by atoms with Gasteiger partial charge in [-0.3, -0.25) is 9.20 Å². The molecule has 34 heavy (non-hydrogen) atoms. The van der Waals surface area contributed by atoms with Crippen molar-refractivity contribution in [3.8, 4) is 28.5 Å². The number of benzene rings is 1. The lowest BCUT2D eigenvalue weighted by Gasteiger charge is -2.16. The Morgan fingerprint density at radius 2 is 2.06 bits per heavy atom. The molecule has 5 rings (SSSR count). The molecule has 1 aliphatic carbocycles. The number of halogens is 2. The van der Waals surface area contributed by atoms with E-state index in [4.69, 9.17) is 14.2 Å². The van der Waals surface area contributed by atoms with Crippen LogP contribution in [-0.4, -0.2) is 33.9 Å². The molecule has 0 bridgehead atoms. The summed E-state index contributed by atoms with van der Waals surface area (Å²) in [5.74, 6) is 0.648. The van der Waals surface area contributed by atoms with Gasteiger partial charge < -0.3 is 14.2 Å². The highest BCUT2D eigenvalue weighted by Crippen LogP contribution is 2.40. The van der Waals surface area contributed by atoms with Crippen LogP contribution in [0.25, 0.3) is 16.9 Å². The Hall–Kier alpha value is -3.53. The summed E-state index contributed by atoms with van der Waals surface area (Å²) < 4.78 is 44.2. The molecule has 3 aromatic heterocycles. The Bertz CT molecular complexity index is 1320. The van der Waals surface area contributed by atoms with Crippen molar-refractivity contribution in [2.45, 2.75) is 32.5 Å². The molecule has 1 fully saturated rings. The van der Waals surface area contributed by atoms with Gasteiger partial charge in [0.15, 0.2) is 5.78 Å². The molecule has 0 saturated heterocycles. The average molecular weight is 486 g/mol. The van der Waals surface area contributed by atoms with Crippen molar-refractivity contribution >= 4 is 22.8 Å². The number of carbonyl (C=O) groups is 1. The maximum atomic E-state index is 13.2. The Morgan fingerprint density at radius 1 is 1.24 bits per heavy atom. The minimum Gasteiger partial charge on any atom is -0.496 e. The predicted molar refractivity (Wildman–Crippen MR) is 122 cm³/mol. The average Bonchev–Trinajstić information content (AvgIpc) is 3.30. The topological polar surface area (TPSA) is 75.0 Å². The lowest BCUT2D eigenvalue weighted by molar-refractivity contribution is -0.0502. The van der Waals surface area contributed by atoms with Gasteiger partial charge in [0.1, 0.15) is 40.1 Å². The minimum absolute atomic E-state index is 0.0464. The van der Waals surface area contributed by atoms with Gasteiger partial charge in [-0.05, 0) is 37.0 Å². The van der Waals surface area contributed by atoms with Gasteiger partial charge in [0, 0.05) is 35.8 Å². The van der Waals surface area contributed by atoms with Crippen LogP contribution in [0, 0.1) is 5.92 Å². The Kier molecular flexibility index (Phi) is 6.14. The van der Waals surface area contributed by atoms with Crippen LogP contribution in [0.2, 0.25) is 0 Å². The van der Waals surface area contributed by atoms with Gasteiger partial charge in [-0.2, -0.15) is 8.78 Å². The maximum Gasteiger partial charge on any atom is 0.387 e. The smallest absolute Gasteiger partial charge is 0.387 e. The first kappa shape index (κ1) is 22.3. The van der Waals surface area contributed by atoms with E-state index in [9.17, 15) is 13.6 Å². The third-order valence-corrected chi connectivity index (χ3v) is 6.33. The first-order valence-electron chi connectivity index (χ1n) is 10.7. The van der Waals surface area contributed by atoms with Crippen LogP contribution in [0.5, 0.6) is 17.2 Å². The number of methoxy groups -OCH3 is 1. The van der Waals surface area contributed by atoms with Crippen molar-refractivity contribution in [2.24, 2.45) is 5.92 Å². The Morgan fingerprint density at radius 3 is 2.76 bits per heavy atom. The molecule has 0 radical (unpaired) electrons. The fourth-order valence-electron chi connectivity index (χ4n) is 3.78. The van der Waals surface area contributed by atoms with Gasteiger partial charge >= 0.3 is 6.61 Å². The summed E-state index contributed by atoms with van der Waals surface area (Å²) in [6.07, 6.45) is 7.34. The number of Topliss-reactive ketones (excluding diaryl/α,β-unsaturated/α-hetero) is 1. The molecule has 0 N–H and O–H groups in total. The molecular weight excluding hydrogens is 464 g/mol. The zero-order chi connectivity index (χ0) is 23.7. The number of nitrogens with zero attached hydrogens (tertiary/aromatic N) is 3. The van der Waals surface area contributed by atoms with Gasteiger partial charge in [0.2, 0.25) is 0 Å². The van der Waals surface area contributed by atoms with Crippen molar-refractivity contribution in [3.63, 3.8) is 0 Å². The summed E-state index contributed by atoms with van der Waals surface area (Å²) in [6.45, 7) is -2.73. The summed E-state index contributed by atoms with van der Waals surface area (Å²) in [5.41, 5.74) is 1.81. The third-order valence-electron chi connectivity index (χ3n) is 5.58. The number of fused-ring (bicyclic) bond motifs is 1. The molecular formula is C24H21F2N3O4S. The fraction of sp³-hybridized carbons (Fsp3) is 0.292. The number of rotatable bonds is 10. The normalized spacial score (nSPS) is 13.4. The minimum atomic E-state index is -3.08. The van der Waals surface area contributed by atoms with Crippen LogP contribution in [0.3, 0.4) is 0 Å². The van der Waals surface area contributed by atoms with E-state index in [-0.39, 0.29) is 29.3 Å². The molecule has 0 aliphatic heterocycles. The first-order chi connectivity index (χ1) is 16.5. The zero-order valence-corrected chi connectivity index (χ0v) is 19.1. The number of alkyl halides is 2. The van der Waals surface area contributed by atoms with Crippen LogP contribution in [0.15, 0.2) is 48.2 Å². The van der Waals surface area contributed by atoms with Crippen LogP contribution < -0.4 is 14.2 Å². The summed E-state index contributed by atoms with van der Waals surface area (Å²) >= 11 is 1.51. The van der Waals surface area contributed by atoms with Gasteiger partial charge in [-0.1, -0.05) is 0 Å². The number of hydrogen-bond donors (Lipinski definition) is 0. The standard InChI is InChI=1S/C24H21F2N3O4S/c1-31-19-9-15(10-20(33-24(25)26)23(19)18(30)8-14-2-3-14)17-12-28-21-11-16(4-6-29(17)21)32-13-22-27-5-7-34-22/h4-7,9-12,14,24H,2-3,8,13H2,1H3. The quantitative estimate of drug-likeness (QED) is 0.271. The van der Waals surface area contributed by atoms with E-state index in [1.807, 2.05) is 5.38 Å². The Balaban J connectivity index is 1.49. The molecule has 1 saturated carbocycles. The maximum absolute atomic E-state index is 13.2. The molecule has 0 amide bonds. The lowest BCUT2D eigenvalue weighted by Crippen LogP contribution is -2.11. The van der Waals surface area contributed by atoms with Crippen LogP contribution in [-0.2, 0) is 6.61 Å². The molecule has 3 heterocycles. The SMILES string of the molecule is COc1cc(-c2cnc3cc(OCc4nccs4)ccn23)cc(OC(F)F)c1C(=O)CC1CC1. The predicted octanol–water partition coefficient (Wildman–Crippen LogP) is 5.63. The summed E-state index contributed by atoms with van der Waals surface area (Å²) in [7, 11) is 1.40. The molecule has 10 heteroatoms. The zero-order valence-electron chi connectivity index (χ0n) is 18.2. The molecule has 0 spiro atoms. The summed E-state index contributed by atoms with van der Waals surface area (Å²) in [5, 5.41) is 2.74. The van der Waals surface area contributed by atoms with E-state index in [0.29, 0.717) is 35.2 Å². The van der Waals surface area contributed by atoms with E-state index in [1.54, 1.807) is 41.2 Å².